The molecule has 3 heteroatoms. The summed E-state index contributed by atoms with van der Waals surface area (Å²) in [5, 5.41) is 13.1. The Kier molecular flexibility index (Phi) is 4.27. The molecule has 0 bridgehead atoms. The van der Waals surface area contributed by atoms with E-state index in [1.54, 1.807) is 12.1 Å². The summed E-state index contributed by atoms with van der Waals surface area (Å²) >= 11 is 0. The highest BCUT2D eigenvalue weighted by Gasteiger charge is 2.31. The highest BCUT2D eigenvalue weighted by Crippen LogP contribution is 2.27. The van der Waals surface area contributed by atoms with Gasteiger partial charge in [0.15, 0.2) is 0 Å². The molecule has 2 aliphatic rings. The predicted octanol–water partition coefficient (Wildman–Crippen LogP) is 2.54. The number of piperidine rings is 1. The van der Waals surface area contributed by atoms with Crippen molar-refractivity contribution in [2.45, 2.75) is 57.2 Å². The summed E-state index contributed by atoms with van der Waals surface area (Å²) in [5.41, 5.74) is 1.29. The highest BCUT2D eigenvalue weighted by atomic mass is 16.3. The van der Waals surface area contributed by atoms with Gasteiger partial charge < -0.3 is 15.3 Å². The van der Waals surface area contributed by atoms with Crippen LogP contribution in [0.1, 0.15) is 38.2 Å². The van der Waals surface area contributed by atoms with E-state index in [2.05, 4.69) is 17.1 Å². The predicted molar refractivity (Wildman–Crippen MR) is 82.0 cm³/mol. The zero-order chi connectivity index (χ0) is 13.9. The molecule has 0 saturated carbocycles. The molecule has 0 aliphatic carbocycles. The van der Waals surface area contributed by atoms with Crippen molar-refractivity contribution in [3.05, 3.63) is 29.8 Å². The minimum Gasteiger partial charge on any atom is -0.508 e. The Hall–Kier alpha value is -1.06. The van der Waals surface area contributed by atoms with Crippen LogP contribution in [-0.4, -0.2) is 41.2 Å². The lowest BCUT2D eigenvalue weighted by Crippen LogP contribution is -2.48. The zero-order valence-electron chi connectivity index (χ0n) is 12.4. The van der Waals surface area contributed by atoms with Crippen LogP contribution in [0.15, 0.2) is 24.3 Å². The molecule has 2 heterocycles. The van der Waals surface area contributed by atoms with Gasteiger partial charge in [-0.2, -0.15) is 0 Å². The smallest absolute Gasteiger partial charge is 0.115 e. The summed E-state index contributed by atoms with van der Waals surface area (Å²) in [6.45, 7) is 4.86. The summed E-state index contributed by atoms with van der Waals surface area (Å²) < 4.78 is 0. The maximum Gasteiger partial charge on any atom is 0.115 e. The Bertz CT molecular complexity index is 431. The maximum absolute atomic E-state index is 9.32. The molecule has 0 radical (unpaired) electrons. The Labute approximate surface area is 122 Å². The molecule has 2 saturated heterocycles. The first-order chi connectivity index (χ1) is 9.70. The largest absolute Gasteiger partial charge is 0.508 e. The van der Waals surface area contributed by atoms with E-state index in [1.807, 2.05) is 12.1 Å². The van der Waals surface area contributed by atoms with Crippen LogP contribution in [0.25, 0.3) is 0 Å². The molecule has 3 rings (SSSR count). The van der Waals surface area contributed by atoms with E-state index in [1.165, 1.54) is 44.3 Å². The van der Waals surface area contributed by atoms with E-state index < -0.39 is 0 Å². The van der Waals surface area contributed by atoms with Crippen LogP contribution in [-0.2, 0) is 6.42 Å². The fourth-order valence-corrected chi connectivity index (χ4v) is 3.82. The summed E-state index contributed by atoms with van der Waals surface area (Å²) in [7, 11) is 0. The molecule has 20 heavy (non-hydrogen) atoms. The van der Waals surface area contributed by atoms with Crippen molar-refractivity contribution in [3.63, 3.8) is 0 Å². The molecule has 0 aromatic heterocycles. The average molecular weight is 274 g/mol. The third kappa shape index (κ3) is 3.33. The second kappa shape index (κ2) is 6.15. The SMILES string of the molecule is CC(Cc1ccc(O)cc1)NC1CCN2CCCC2C1. The molecule has 0 amide bonds. The van der Waals surface area contributed by atoms with Crippen LogP contribution in [0, 0.1) is 0 Å². The fraction of sp³-hybridized carbons (Fsp3) is 0.647. The highest BCUT2D eigenvalue weighted by molar-refractivity contribution is 5.26. The molecule has 2 aliphatic heterocycles. The lowest BCUT2D eigenvalue weighted by atomic mass is 9.96. The molecular weight excluding hydrogens is 248 g/mol. The van der Waals surface area contributed by atoms with Gasteiger partial charge in [-0.15, -0.1) is 0 Å². The maximum atomic E-state index is 9.32. The molecule has 2 fully saturated rings. The number of hydrogen-bond donors (Lipinski definition) is 2. The second-order valence-corrected chi connectivity index (χ2v) is 6.49. The number of phenols is 1. The Balaban J connectivity index is 1.48. The fourth-order valence-electron chi connectivity index (χ4n) is 3.82. The number of nitrogens with one attached hydrogen (secondary N) is 1. The topological polar surface area (TPSA) is 35.5 Å². The Morgan fingerprint density at radius 2 is 2.05 bits per heavy atom. The van der Waals surface area contributed by atoms with Crippen molar-refractivity contribution in [2.75, 3.05) is 13.1 Å². The average Bonchev–Trinajstić information content (AvgIpc) is 2.89. The summed E-state index contributed by atoms with van der Waals surface area (Å²) in [6, 6.07) is 9.61. The van der Waals surface area contributed by atoms with Crippen LogP contribution < -0.4 is 5.32 Å². The van der Waals surface area contributed by atoms with E-state index in [-0.39, 0.29) is 0 Å². The third-order valence-corrected chi connectivity index (χ3v) is 4.82. The van der Waals surface area contributed by atoms with Gasteiger partial charge in [-0.1, -0.05) is 12.1 Å². The van der Waals surface area contributed by atoms with E-state index in [4.69, 9.17) is 0 Å². The van der Waals surface area contributed by atoms with Gasteiger partial charge in [0.1, 0.15) is 5.75 Å². The van der Waals surface area contributed by atoms with Crippen LogP contribution in [0.5, 0.6) is 5.75 Å². The number of hydrogen-bond acceptors (Lipinski definition) is 3. The quantitative estimate of drug-likeness (QED) is 0.885. The number of rotatable bonds is 4. The van der Waals surface area contributed by atoms with Crippen molar-refractivity contribution < 1.29 is 5.11 Å². The summed E-state index contributed by atoms with van der Waals surface area (Å²) in [4.78, 5) is 2.67. The van der Waals surface area contributed by atoms with Crippen molar-refractivity contribution >= 4 is 0 Å². The number of phenolic OH excluding ortho intramolecular Hbond substituents is 1. The number of aromatic hydroxyl groups is 1. The first-order valence-electron chi connectivity index (χ1n) is 7.99. The summed E-state index contributed by atoms with van der Waals surface area (Å²) in [5.74, 6) is 0.350. The van der Waals surface area contributed by atoms with Crippen molar-refractivity contribution in [2.24, 2.45) is 0 Å². The van der Waals surface area contributed by atoms with Gasteiger partial charge in [0, 0.05) is 18.1 Å². The number of benzene rings is 1. The van der Waals surface area contributed by atoms with Crippen LogP contribution in [0.4, 0.5) is 0 Å². The van der Waals surface area contributed by atoms with Gasteiger partial charge in [0.2, 0.25) is 0 Å². The zero-order valence-corrected chi connectivity index (χ0v) is 12.4. The normalized spacial score (nSPS) is 28.2. The van der Waals surface area contributed by atoms with Crippen LogP contribution in [0.3, 0.4) is 0 Å². The number of nitrogens with zero attached hydrogens (tertiary/aromatic N) is 1. The Morgan fingerprint density at radius 1 is 1.25 bits per heavy atom. The van der Waals surface area contributed by atoms with Gasteiger partial charge in [0.25, 0.3) is 0 Å². The molecular formula is C17H26N2O. The number of fused-ring (bicyclic) bond motifs is 1. The molecule has 3 unspecified atom stereocenters. The van der Waals surface area contributed by atoms with Gasteiger partial charge >= 0.3 is 0 Å². The molecule has 3 nitrogen and oxygen atoms in total. The lowest BCUT2D eigenvalue weighted by Gasteiger charge is -2.36. The minimum atomic E-state index is 0.350. The van der Waals surface area contributed by atoms with Crippen molar-refractivity contribution in [3.8, 4) is 5.75 Å². The van der Waals surface area contributed by atoms with E-state index in [9.17, 15) is 5.11 Å². The first-order valence-corrected chi connectivity index (χ1v) is 7.99. The summed E-state index contributed by atoms with van der Waals surface area (Å²) in [6.07, 6.45) is 6.42. The molecule has 110 valence electrons. The molecule has 1 aromatic rings. The third-order valence-electron chi connectivity index (χ3n) is 4.82. The Morgan fingerprint density at radius 3 is 2.85 bits per heavy atom. The lowest BCUT2D eigenvalue weighted by molar-refractivity contribution is 0.162. The van der Waals surface area contributed by atoms with Gasteiger partial charge in [0.05, 0.1) is 0 Å². The van der Waals surface area contributed by atoms with E-state index in [0.717, 1.165) is 12.5 Å². The molecule has 2 N–H and O–H groups in total. The van der Waals surface area contributed by atoms with Gasteiger partial charge in [-0.05, 0) is 69.8 Å². The van der Waals surface area contributed by atoms with E-state index >= 15 is 0 Å². The van der Waals surface area contributed by atoms with Gasteiger partial charge in [-0.3, -0.25) is 0 Å². The molecule has 3 atom stereocenters. The standard InChI is InChI=1S/C17H26N2O/c1-13(11-14-4-6-17(20)7-5-14)18-15-8-10-19-9-2-3-16(19)12-15/h4-7,13,15-16,18,20H,2-3,8-12H2,1H3. The van der Waals surface area contributed by atoms with Gasteiger partial charge in [-0.25, -0.2) is 0 Å². The van der Waals surface area contributed by atoms with Crippen LogP contribution >= 0.6 is 0 Å². The van der Waals surface area contributed by atoms with E-state index in [0.29, 0.717) is 17.8 Å². The molecule has 0 spiro atoms. The van der Waals surface area contributed by atoms with Crippen molar-refractivity contribution in [1.82, 2.24) is 10.2 Å². The monoisotopic (exact) mass is 274 g/mol. The van der Waals surface area contributed by atoms with Crippen LogP contribution in [0.2, 0.25) is 0 Å². The first kappa shape index (κ1) is 13.9. The second-order valence-electron chi connectivity index (χ2n) is 6.49. The molecule has 1 aromatic carbocycles. The minimum absolute atomic E-state index is 0.350. The van der Waals surface area contributed by atoms with Crippen molar-refractivity contribution in [1.29, 1.82) is 0 Å².